The Kier molecular flexibility index (Phi) is 7.71. The van der Waals surface area contributed by atoms with E-state index in [0.717, 1.165) is 21.4 Å². The summed E-state index contributed by atoms with van der Waals surface area (Å²) < 4.78 is 6.05. The number of anilines is 1. The summed E-state index contributed by atoms with van der Waals surface area (Å²) in [5.74, 6) is -1.35. The Labute approximate surface area is 201 Å². The number of amides is 1. The zero-order valence-corrected chi connectivity index (χ0v) is 19.6. The number of nitro groups is 1. The van der Waals surface area contributed by atoms with Crippen molar-refractivity contribution < 1.29 is 19.2 Å². The summed E-state index contributed by atoms with van der Waals surface area (Å²) in [5, 5.41) is 25.0. The average Bonchev–Trinajstić information content (AvgIpc) is 3.21. The summed E-state index contributed by atoms with van der Waals surface area (Å²) in [5.41, 5.74) is 1.41. The first-order valence-electron chi connectivity index (χ1n) is 9.56. The van der Waals surface area contributed by atoms with E-state index >= 15 is 0 Å². The molecule has 0 saturated heterocycles. The number of thiophene rings is 1. The molecule has 0 atom stereocenters. The topological polar surface area (TPSA) is 122 Å². The number of hydrogen-bond donors (Lipinski definition) is 1. The highest BCUT2D eigenvalue weighted by Gasteiger charge is 2.24. The maximum absolute atomic E-state index is 12.8. The molecule has 1 aromatic heterocycles. The second-order valence-electron chi connectivity index (χ2n) is 6.56. The molecular weight excluding hydrogens is 510 g/mol. The molecule has 0 aliphatic carbocycles. The average molecular weight is 526 g/mol. The maximum Gasteiger partial charge on any atom is 0.341 e. The van der Waals surface area contributed by atoms with Crippen LogP contribution in [0.25, 0.3) is 17.2 Å². The van der Waals surface area contributed by atoms with Crippen LogP contribution in [0.4, 0.5) is 10.7 Å². The molecule has 1 amide bonds. The van der Waals surface area contributed by atoms with Gasteiger partial charge in [0.2, 0.25) is 0 Å². The van der Waals surface area contributed by atoms with E-state index < -0.39 is 16.8 Å². The normalized spacial score (nSPS) is 10.9. The van der Waals surface area contributed by atoms with Crippen LogP contribution in [0.15, 0.2) is 64.0 Å². The third-order valence-electron chi connectivity index (χ3n) is 4.41. The molecule has 8 nitrogen and oxygen atoms in total. The molecule has 1 N–H and O–H groups in total. The molecule has 166 valence electrons. The minimum absolute atomic E-state index is 0.151. The molecule has 0 saturated carbocycles. The predicted molar refractivity (Wildman–Crippen MR) is 129 cm³/mol. The number of non-ortho nitro benzene ring substituents is 1. The van der Waals surface area contributed by atoms with Crippen molar-refractivity contribution in [3.8, 4) is 17.2 Å². The molecular formula is C23H16BrN3O5S. The summed E-state index contributed by atoms with van der Waals surface area (Å²) in [6.45, 7) is 1.83. The summed E-state index contributed by atoms with van der Waals surface area (Å²) in [6.07, 6.45) is 1.25. The van der Waals surface area contributed by atoms with Gasteiger partial charge in [-0.3, -0.25) is 14.9 Å². The van der Waals surface area contributed by atoms with Crippen molar-refractivity contribution in [1.29, 1.82) is 5.26 Å². The van der Waals surface area contributed by atoms with Crippen LogP contribution in [0, 0.1) is 21.4 Å². The molecule has 0 fully saturated rings. The largest absolute Gasteiger partial charge is 0.462 e. The van der Waals surface area contributed by atoms with E-state index in [1.54, 1.807) is 24.4 Å². The fourth-order valence-corrected chi connectivity index (χ4v) is 4.13. The van der Waals surface area contributed by atoms with Crippen molar-refractivity contribution in [2.45, 2.75) is 6.92 Å². The molecule has 0 bridgehead atoms. The number of ether oxygens (including phenoxy) is 1. The number of rotatable bonds is 7. The lowest BCUT2D eigenvalue weighted by atomic mass is 10.0. The maximum atomic E-state index is 12.8. The van der Waals surface area contributed by atoms with Gasteiger partial charge in [-0.05, 0) is 36.3 Å². The number of hydrogen-bond acceptors (Lipinski definition) is 7. The number of halogens is 1. The first-order chi connectivity index (χ1) is 15.8. The van der Waals surface area contributed by atoms with Crippen LogP contribution < -0.4 is 5.32 Å². The Morgan fingerprint density at radius 2 is 2.00 bits per heavy atom. The number of carbonyl (C=O) groups excluding carboxylic acids is 2. The lowest BCUT2D eigenvalue weighted by molar-refractivity contribution is -0.384. The number of nitrogens with zero attached hydrogens (tertiary/aromatic N) is 2. The third-order valence-corrected chi connectivity index (χ3v) is 5.83. The smallest absolute Gasteiger partial charge is 0.341 e. The molecule has 3 rings (SSSR count). The first-order valence-corrected chi connectivity index (χ1v) is 11.2. The van der Waals surface area contributed by atoms with Gasteiger partial charge in [0.15, 0.2) is 0 Å². The monoisotopic (exact) mass is 525 g/mol. The Bertz CT molecular complexity index is 1290. The summed E-state index contributed by atoms with van der Waals surface area (Å²) in [6, 6.07) is 14.7. The van der Waals surface area contributed by atoms with E-state index in [0.29, 0.717) is 11.1 Å². The molecule has 0 aliphatic rings. The van der Waals surface area contributed by atoms with Crippen molar-refractivity contribution in [1.82, 2.24) is 0 Å². The molecule has 1 heterocycles. The van der Waals surface area contributed by atoms with Crippen molar-refractivity contribution in [3.63, 3.8) is 0 Å². The zero-order valence-electron chi connectivity index (χ0n) is 17.2. The molecule has 3 aromatic rings. The molecule has 0 aliphatic heterocycles. The van der Waals surface area contributed by atoms with Gasteiger partial charge in [-0.2, -0.15) is 5.26 Å². The number of nitriles is 1. The Morgan fingerprint density at radius 1 is 1.27 bits per heavy atom. The fraction of sp³-hybridized carbons (Fsp3) is 0.0870. The second kappa shape index (κ2) is 10.7. The Hall–Kier alpha value is -3.81. The SMILES string of the molecule is CCOC(=O)c1c(-c2ccc(Br)cc2)csc1NC(=O)/C(C#N)=C/c1cccc([N+](=O)[O-])c1. The van der Waals surface area contributed by atoms with Gasteiger partial charge < -0.3 is 10.1 Å². The molecule has 33 heavy (non-hydrogen) atoms. The number of esters is 1. The number of benzene rings is 2. The second-order valence-corrected chi connectivity index (χ2v) is 8.35. The van der Waals surface area contributed by atoms with Gasteiger partial charge in [0, 0.05) is 27.5 Å². The van der Waals surface area contributed by atoms with Crippen LogP contribution in [0.5, 0.6) is 0 Å². The van der Waals surface area contributed by atoms with Gasteiger partial charge in [-0.15, -0.1) is 11.3 Å². The minimum Gasteiger partial charge on any atom is -0.462 e. The quantitative estimate of drug-likeness (QED) is 0.136. The standard InChI is InChI=1S/C23H16BrN3O5S/c1-2-32-23(29)20-19(15-6-8-17(24)9-7-15)13-33-22(20)26-21(28)16(12-25)10-14-4-3-5-18(11-14)27(30)31/h3-11,13H,2H2,1H3,(H,26,28)/b16-10+. The summed E-state index contributed by atoms with van der Waals surface area (Å²) in [7, 11) is 0. The number of carbonyl (C=O) groups is 2. The highest BCUT2D eigenvalue weighted by Crippen LogP contribution is 2.37. The van der Waals surface area contributed by atoms with Crippen LogP contribution in [-0.4, -0.2) is 23.4 Å². The number of nitrogens with one attached hydrogen (secondary N) is 1. The Balaban J connectivity index is 1.96. The predicted octanol–water partition coefficient (Wildman–Crippen LogP) is 5.81. The van der Waals surface area contributed by atoms with Gasteiger partial charge in [0.1, 0.15) is 22.2 Å². The lowest BCUT2D eigenvalue weighted by Crippen LogP contribution is -2.16. The van der Waals surface area contributed by atoms with Crippen molar-refractivity contribution in [2.24, 2.45) is 0 Å². The molecule has 10 heteroatoms. The zero-order chi connectivity index (χ0) is 24.0. The molecule has 0 unspecified atom stereocenters. The molecule has 0 spiro atoms. The summed E-state index contributed by atoms with van der Waals surface area (Å²) in [4.78, 5) is 35.9. The van der Waals surface area contributed by atoms with E-state index in [-0.39, 0.29) is 28.4 Å². The number of nitro benzene ring substituents is 1. The van der Waals surface area contributed by atoms with Crippen LogP contribution in [0.1, 0.15) is 22.8 Å². The van der Waals surface area contributed by atoms with Crippen LogP contribution in [-0.2, 0) is 9.53 Å². The highest BCUT2D eigenvalue weighted by atomic mass is 79.9. The summed E-state index contributed by atoms with van der Waals surface area (Å²) >= 11 is 4.50. The minimum atomic E-state index is -0.751. The van der Waals surface area contributed by atoms with E-state index in [1.165, 1.54) is 24.3 Å². The van der Waals surface area contributed by atoms with Crippen molar-refractivity contribution in [2.75, 3.05) is 11.9 Å². The van der Waals surface area contributed by atoms with Gasteiger partial charge in [0.25, 0.3) is 11.6 Å². The highest BCUT2D eigenvalue weighted by molar-refractivity contribution is 9.10. The van der Waals surface area contributed by atoms with Crippen molar-refractivity contribution in [3.05, 3.63) is 85.2 Å². The molecule has 2 aromatic carbocycles. The van der Waals surface area contributed by atoms with E-state index in [2.05, 4.69) is 21.2 Å². The van der Waals surface area contributed by atoms with E-state index in [9.17, 15) is 25.0 Å². The van der Waals surface area contributed by atoms with E-state index in [1.807, 2.05) is 24.3 Å². The Morgan fingerprint density at radius 3 is 2.64 bits per heavy atom. The third kappa shape index (κ3) is 5.71. The van der Waals surface area contributed by atoms with Crippen LogP contribution in [0.2, 0.25) is 0 Å². The fourth-order valence-electron chi connectivity index (χ4n) is 2.91. The van der Waals surface area contributed by atoms with E-state index in [4.69, 9.17) is 4.74 Å². The van der Waals surface area contributed by atoms with Crippen LogP contribution >= 0.6 is 27.3 Å². The van der Waals surface area contributed by atoms with Gasteiger partial charge in [-0.1, -0.05) is 40.2 Å². The molecule has 0 radical (unpaired) electrons. The van der Waals surface area contributed by atoms with Gasteiger partial charge in [-0.25, -0.2) is 4.79 Å². The lowest BCUT2D eigenvalue weighted by Gasteiger charge is -2.09. The van der Waals surface area contributed by atoms with Gasteiger partial charge in [0.05, 0.1) is 11.5 Å². The van der Waals surface area contributed by atoms with Gasteiger partial charge >= 0.3 is 5.97 Å². The van der Waals surface area contributed by atoms with Crippen LogP contribution in [0.3, 0.4) is 0 Å². The first kappa shape index (κ1) is 23.8. The van der Waals surface area contributed by atoms with Crippen molar-refractivity contribution >= 4 is 55.9 Å².